The van der Waals surface area contributed by atoms with Gasteiger partial charge in [0.25, 0.3) is 5.91 Å². The first-order valence-corrected chi connectivity index (χ1v) is 16.4. The Kier molecular flexibility index (Phi) is 7.85. The molecule has 4 saturated carbocycles. The predicted octanol–water partition coefficient (Wildman–Crippen LogP) is 6.12. The monoisotopic (exact) mass is 579 g/mol. The summed E-state index contributed by atoms with van der Waals surface area (Å²) in [5.41, 5.74) is 5.81. The van der Waals surface area contributed by atoms with E-state index in [0.717, 1.165) is 68.6 Å². The van der Waals surface area contributed by atoms with Gasteiger partial charge in [-0.25, -0.2) is 0 Å². The quantitative estimate of drug-likeness (QED) is 0.330. The number of amides is 1. The van der Waals surface area contributed by atoms with E-state index in [1.165, 1.54) is 60.8 Å². The van der Waals surface area contributed by atoms with Gasteiger partial charge >= 0.3 is 0 Å². The van der Waals surface area contributed by atoms with Gasteiger partial charge in [-0.05, 0) is 122 Å². The van der Waals surface area contributed by atoms with Crippen LogP contribution >= 0.6 is 0 Å². The molecular weight excluding hydrogens is 534 g/mol. The normalized spacial score (nSPS) is 26.5. The molecule has 0 atom stereocenters. The third-order valence-electron chi connectivity index (χ3n) is 10.5. The summed E-state index contributed by atoms with van der Waals surface area (Å²) >= 11 is 0. The minimum Gasteiger partial charge on any atom is -0.494 e. The summed E-state index contributed by atoms with van der Waals surface area (Å²) in [5, 5.41) is 12.0. The second-order valence-corrected chi connectivity index (χ2v) is 13.8. The molecule has 4 aliphatic carbocycles. The maximum Gasteiger partial charge on any atom is 0.271 e. The third-order valence-corrected chi connectivity index (χ3v) is 10.5. The third kappa shape index (κ3) is 6.14. The molecule has 8 rings (SSSR count). The van der Waals surface area contributed by atoms with Crippen molar-refractivity contribution in [2.24, 2.45) is 23.2 Å². The molecule has 1 saturated heterocycles. The SMILES string of the molecule is CCOc1cccc(-c2ccc(CN3CCN(c4ccc(C(=O)NCC56CC7CC(CC(C7)C5)C6)nn4)CC3)cc2C)c1. The van der Waals surface area contributed by atoms with Gasteiger partial charge in [-0.3, -0.25) is 9.69 Å². The molecule has 1 aromatic heterocycles. The highest BCUT2D eigenvalue weighted by Crippen LogP contribution is 2.59. The average molecular weight is 580 g/mol. The van der Waals surface area contributed by atoms with Crippen molar-refractivity contribution in [1.29, 1.82) is 0 Å². The van der Waals surface area contributed by atoms with Gasteiger partial charge in [-0.1, -0.05) is 30.3 Å². The Hall–Kier alpha value is -3.45. The highest BCUT2D eigenvalue weighted by molar-refractivity contribution is 5.92. The first-order valence-electron chi connectivity index (χ1n) is 16.4. The molecule has 1 aliphatic heterocycles. The first kappa shape index (κ1) is 28.3. The zero-order valence-corrected chi connectivity index (χ0v) is 25.7. The second-order valence-electron chi connectivity index (χ2n) is 13.8. The highest BCUT2D eigenvalue weighted by atomic mass is 16.5. The lowest BCUT2D eigenvalue weighted by Gasteiger charge is -2.56. The molecule has 43 heavy (non-hydrogen) atoms. The van der Waals surface area contributed by atoms with Crippen molar-refractivity contribution in [1.82, 2.24) is 20.4 Å². The fourth-order valence-electron chi connectivity index (χ4n) is 8.94. The van der Waals surface area contributed by atoms with E-state index in [1.807, 2.05) is 25.1 Å². The molecule has 1 amide bonds. The minimum atomic E-state index is -0.0806. The number of ether oxygens (including phenoxy) is 1. The van der Waals surface area contributed by atoms with Crippen LogP contribution in [0.15, 0.2) is 54.6 Å². The summed E-state index contributed by atoms with van der Waals surface area (Å²) in [4.78, 5) is 17.7. The fourth-order valence-corrected chi connectivity index (χ4v) is 8.94. The molecule has 0 unspecified atom stereocenters. The minimum absolute atomic E-state index is 0.0806. The summed E-state index contributed by atoms with van der Waals surface area (Å²) in [6.45, 7) is 10.3. The van der Waals surface area contributed by atoms with E-state index in [0.29, 0.717) is 17.7 Å². The van der Waals surface area contributed by atoms with Gasteiger partial charge in [-0.15, -0.1) is 10.2 Å². The second kappa shape index (κ2) is 11.9. The zero-order valence-electron chi connectivity index (χ0n) is 25.7. The van der Waals surface area contributed by atoms with Gasteiger partial charge in [0.15, 0.2) is 11.5 Å². The molecule has 7 heteroatoms. The smallest absolute Gasteiger partial charge is 0.271 e. The molecule has 3 aromatic rings. The van der Waals surface area contributed by atoms with Crippen molar-refractivity contribution >= 4 is 11.7 Å². The molecule has 1 N–H and O–H groups in total. The van der Waals surface area contributed by atoms with Crippen LogP contribution in [0.3, 0.4) is 0 Å². The Bertz CT molecular complexity index is 1410. The fraction of sp³-hybridized carbons (Fsp3) is 0.528. The van der Waals surface area contributed by atoms with Crippen LogP contribution in [-0.2, 0) is 6.54 Å². The Morgan fingerprint density at radius 1 is 0.930 bits per heavy atom. The standard InChI is InChI=1S/C36H45N5O2/c1-3-43-31-6-4-5-30(19-31)32-8-7-26(15-25(32)2)23-40-11-13-41(14-12-40)34-10-9-33(38-39-34)35(42)37-24-36-20-27-16-28(21-36)18-29(17-27)22-36/h4-10,15,19,27-29H,3,11-14,16-18,20-24H2,1-2H3,(H,37,42). The number of hydrogen-bond acceptors (Lipinski definition) is 6. The number of aryl methyl sites for hydroxylation is 1. The Morgan fingerprint density at radius 3 is 2.33 bits per heavy atom. The van der Waals surface area contributed by atoms with E-state index in [1.54, 1.807) is 0 Å². The van der Waals surface area contributed by atoms with Crippen molar-refractivity contribution < 1.29 is 9.53 Å². The van der Waals surface area contributed by atoms with Gasteiger partial charge in [0.2, 0.25) is 0 Å². The van der Waals surface area contributed by atoms with E-state index in [9.17, 15) is 4.79 Å². The molecule has 7 nitrogen and oxygen atoms in total. The lowest BCUT2D eigenvalue weighted by Crippen LogP contribution is -2.51. The zero-order chi connectivity index (χ0) is 29.4. The van der Waals surface area contributed by atoms with Crippen LogP contribution in [-0.4, -0.2) is 60.3 Å². The molecule has 5 aliphatic rings. The first-order chi connectivity index (χ1) is 20.9. The molecule has 0 spiro atoms. The summed E-state index contributed by atoms with van der Waals surface area (Å²) in [5.74, 6) is 4.36. The molecule has 5 fully saturated rings. The van der Waals surface area contributed by atoms with Crippen molar-refractivity contribution in [2.45, 2.75) is 58.9 Å². The van der Waals surface area contributed by atoms with Gasteiger partial charge in [0.1, 0.15) is 5.75 Å². The van der Waals surface area contributed by atoms with Crippen molar-refractivity contribution in [3.63, 3.8) is 0 Å². The van der Waals surface area contributed by atoms with Crippen LogP contribution in [0.4, 0.5) is 5.82 Å². The predicted molar refractivity (Wildman–Crippen MR) is 170 cm³/mol. The lowest BCUT2D eigenvalue weighted by molar-refractivity contribution is -0.0503. The molecule has 0 radical (unpaired) electrons. The van der Waals surface area contributed by atoms with Gasteiger partial charge in [0, 0.05) is 39.3 Å². The van der Waals surface area contributed by atoms with Crippen LogP contribution in [0, 0.1) is 30.1 Å². The Balaban J connectivity index is 0.900. The summed E-state index contributed by atoms with van der Waals surface area (Å²) in [6.07, 6.45) is 8.16. The average Bonchev–Trinajstić information content (AvgIpc) is 3.00. The van der Waals surface area contributed by atoms with Crippen molar-refractivity contribution in [3.8, 4) is 16.9 Å². The number of hydrogen-bond donors (Lipinski definition) is 1. The largest absolute Gasteiger partial charge is 0.494 e. The van der Waals surface area contributed by atoms with Crippen LogP contribution in [0.1, 0.15) is 67.1 Å². The van der Waals surface area contributed by atoms with E-state index in [2.05, 4.69) is 68.6 Å². The number of benzene rings is 2. The molecule has 4 bridgehead atoms. The number of carbonyl (C=O) groups excluding carboxylic acids is 1. The van der Waals surface area contributed by atoms with E-state index in [4.69, 9.17) is 4.74 Å². The summed E-state index contributed by atoms with van der Waals surface area (Å²) < 4.78 is 5.70. The number of nitrogens with one attached hydrogen (secondary N) is 1. The number of aromatic nitrogens is 2. The van der Waals surface area contributed by atoms with Crippen LogP contribution < -0.4 is 15.0 Å². The Morgan fingerprint density at radius 2 is 1.67 bits per heavy atom. The van der Waals surface area contributed by atoms with Gasteiger partial charge in [0.05, 0.1) is 6.61 Å². The number of carbonyl (C=O) groups is 1. The summed E-state index contributed by atoms with van der Waals surface area (Å²) in [6, 6.07) is 18.9. The molecule has 2 aromatic carbocycles. The van der Waals surface area contributed by atoms with E-state index in [-0.39, 0.29) is 5.91 Å². The van der Waals surface area contributed by atoms with Crippen molar-refractivity contribution in [3.05, 3.63) is 71.4 Å². The number of piperazine rings is 1. The topological polar surface area (TPSA) is 70.6 Å². The maximum atomic E-state index is 13.0. The highest BCUT2D eigenvalue weighted by Gasteiger charge is 2.50. The number of anilines is 1. The molecule has 226 valence electrons. The summed E-state index contributed by atoms with van der Waals surface area (Å²) in [7, 11) is 0. The number of rotatable bonds is 9. The molecular formula is C36H45N5O2. The van der Waals surface area contributed by atoms with Crippen LogP contribution in [0.2, 0.25) is 0 Å². The lowest BCUT2D eigenvalue weighted by atomic mass is 9.49. The van der Waals surface area contributed by atoms with Crippen molar-refractivity contribution in [2.75, 3.05) is 44.2 Å². The number of nitrogens with zero attached hydrogens (tertiary/aromatic N) is 4. The van der Waals surface area contributed by atoms with E-state index < -0.39 is 0 Å². The Labute approximate surface area is 256 Å². The van der Waals surface area contributed by atoms with Gasteiger partial charge < -0.3 is 15.0 Å². The molecule has 2 heterocycles. The van der Waals surface area contributed by atoms with Crippen LogP contribution in [0.25, 0.3) is 11.1 Å². The maximum absolute atomic E-state index is 13.0. The van der Waals surface area contributed by atoms with E-state index >= 15 is 0 Å². The van der Waals surface area contributed by atoms with Crippen LogP contribution in [0.5, 0.6) is 5.75 Å². The van der Waals surface area contributed by atoms with Gasteiger partial charge in [-0.2, -0.15) is 0 Å².